The van der Waals surface area contributed by atoms with Gasteiger partial charge in [-0.2, -0.15) is 18.2 Å². The molecule has 0 saturated carbocycles. The second kappa shape index (κ2) is 15.7. The van der Waals surface area contributed by atoms with Crippen molar-refractivity contribution in [3.05, 3.63) is 81.6 Å². The standard InChI is InChI=1S/C36H38ClF3N8O4/c1-51-34-19(15-42-16-20-10-14-30(50)44-20)9-12-27(47-34)25-8-4-7-24(31(25)37)21-5-3-6-23-22(21)11-13-26(23)46-33-32(36(38,39)40)45-28(35(48-33)52-2)17-43-18-29(41)49/h3-9,12,20,26,42-43H,10-11,13-18H2,1-2H3,(H2,41,49)(H,44,50)(H,46,48)/t20-,26-/m0/s1. The number of ether oxygens (including phenoxy) is 2. The molecule has 16 heteroatoms. The highest BCUT2D eigenvalue weighted by Crippen LogP contribution is 2.44. The van der Waals surface area contributed by atoms with Gasteiger partial charge in [0.05, 0.1) is 37.5 Å². The molecule has 6 N–H and O–H groups in total. The number of anilines is 1. The van der Waals surface area contributed by atoms with Crippen LogP contribution in [0.4, 0.5) is 19.0 Å². The molecular weight excluding hydrogens is 701 g/mol. The van der Waals surface area contributed by atoms with Crippen LogP contribution in [0.15, 0.2) is 48.5 Å². The number of nitrogens with one attached hydrogen (secondary N) is 4. The number of alkyl halides is 3. The summed E-state index contributed by atoms with van der Waals surface area (Å²) in [5.74, 6) is -0.731. The molecule has 0 unspecified atom stereocenters. The molecule has 4 aromatic rings. The predicted molar refractivity (Wildman–Crippen MR) is 189 cm³/mol. The van der Waals surface area contributed by atoms with E-state index in [-0.39, 0.29) is 36.6 Å². The first-order valence-corrected chi connectivity index (χ1v) is 17.1. The van der Waals surface area contributed by atoms with Crippen molar-refractivity contribution < 1.29 is 32.2 Å². The van der Waals surface area contributed by atoms with Crippen LogP contribution in [0.1, 0.15) is 53.4 Å². The van der Waals surface area contributed by atoms with E-state index in [1.165, 1.54) is 7.11 Å². The van der Waals surface area contributed by atoms with Gasteiger partial charge in [-0.1, -0.05) is 54.1 Å². The number of pyridine rings is 1. The molecule has 2 atom stereocenters. The lowest BCUT2D eigenvalue weighted by Crippen LogP contribution is -2.35. The van der Waals surface area contributed by atoms with Crippen LogP contribution in [-0.4, -0.2) is 60.1 Å². The van der Waals surface area contributed by atoms with Gasteiger partial charge in [-0.05, 0) is 42.0 Å². The number of carbonyl (C=O) groups is 2. The van der Waals surface area contributed by atoms with Crippen LogP contribution in [-0.2, 0) is 35.3 Å². The molecule has 2 aromatic heterocycles. The molecule has 2 amide bonds. The van der Waals surface area contributed by atoms with Crippen LogP contribution in [0.25, 0.3) is 22.4 Å². The maximum atomic E-state index is 14.3. The number of nitrogens with zero attached hydrogens (tertiary/aromatic N) is 3. The van der Waals surface area contributed by atoms with Gasteiger partial charge in [0, 0.05) is 48.8 Å². The van der Waals surface area contributed by atoms with Crippen LogP contribution < -0.4 is 36.5 Å². The second-order valence-electron chi connectivity index (χ2n) is 12.5. The van der Waals surface area contributed by atoms with Crippen LogP contribution in [0, 0.1) is 0 Å². The highest BCUT2D eigenvalue weighted by Gasteiger charge is 2.39. The molecule has 1 saturated heterocycles. The first kappa shape index (κ1) is 36.8. The predicted octanol–water partition coefficient (Wildman–Crippen LogP) is 4.94. The molecule has 3 heterocycles. The zero-order valence-electron chi connectivity index (χ0n) is 28.5. The minimum absolute atomic E-state index is 0.0671. The number of rotatable bonds is 14. The normalized spacial score (nSPS) is 16.8. The fraction of sp³-hybridized carbons (Fsp3) is 0.361. The van der Waals surface area contributed by atoms with Crippen molar-refractivity contribution in [3.8, 4) is 34.1 Å². The number of halogens is 4. The average Bonchev–Trinajstić information content (AvgIpc) is 3.73. The van der Waals surface area contributed by atoms with Crippen molar-refractivity contribution in [1.82, 2.24) is 30.9 Å². The highest BCUT2D eigenvalue weighted by atomic mass is 35.5. The number of aromatic nitrogens is 3. The van der Waals surface area contributed by atoms with E-state index in [9.17, 15) is 22.8 Å². The van der Waals surface area contributed by atoms with E-state index in [1.54, 1.807) is 7.11 Å². The van der Waals surface area contributed by atoms with Crippen molar-refractivity contribution in [3.63, 3.8) is 0 Å². The Morgan fingerprint density at radius 1 is 0.942 bits per heavy atom. The van der Waals surface area contributed by atoms with E-state index >= 15 is 0 Å². The summed E-state index contributed by atoms with van der Waals surface area (Å²) in [5, 5.41) is 12.4. The Kier molecular flexibility index (Phi) is 11.1. The molecule has 0 bridgehead atoms. The molecule has 6 rings (SSSR count). The zero-order valence-corrected chi connectivity index (χ0v) is 29.3. The minimum atomic E-state index is -4.82. The van der Waals surface area contributed by atoms with E-state index in [0.717, 1.165) is 34.2 Å². The summed E-state index contributed by atoms with van der Waals surface area (Å²) >= 11 is 7.09. The van der Waals surface area contributed by atoms with Gasteiger partial charge in [0.1, 0.15) is 5.69 Å². The summed E-state index contributed by atoms with van der Waals surface area (Å²) in [7, 11) is 2.84. The summed E-state index contributed by atoms with van der Waals surface area (Å²) in [5.41, 5.74) is 9.36. The molecule has 2 aromatic carbocycles. The Balaban J connectivity index is 1.25. The Bertz CT molecular complexity index is 1980. The summed E-state index contributed by atoms with van der Waals surface area (Å²) in [6.45, 7) is 0.684. The average molecular weight is 739 g/mol. The molecule has 0 radical (unpaired) electrons. The highest BCUT2D eigenvalue weighted by molar-refractivity contribution is 6.36. The van der Waals surface area contributed by atoms with Crippen LogP contribution >= 0.6 is 11.6 Å². The fourth-order valence-electron chi connectivity index (χ4n) is 6.64. The Labute approximate surface area is 303 Å². The maximum absolute atomic E-state index is 14.3. The number of benzene rings is 2. The topological polar surface area (TPSA) is 165 Å². The van der Waals surface area contributed by atoms with Crippen molar-refractivity contribution >= 4 is 29.2 Å². The third-order valence-electron chi connectivity index (χ3n) is 9.05. The van der Waals surface area contributed by atoms with Gasteiger partial charge < -0.3 is 36.5 Å². The minimum Gasteiger partial charge on any atom is -0.481 e. The monoisotopic (exact) mass is 738 g/mol. The van der Waals surface area contributed by atoms with Gasteiger partial charge in [-0.25, -0.2) is 9.97 Å². The number of fused-ring (bicyclic) bond motifs is 1. The number of hydrogen-bond donors (Lipinski definition) is 5. The molecular formula is C36H38ClF3N8O4. The third-order valence-corrected chi connectivity index (χ3v) is 9.46. The largest absolute Gasteiger partial charge is 0.481 e. The second-order valence-corrected chi connectivity index (χ2v) is 12.9. The molecule has 1 aliphatic carbocycles. The molecule has 12 nitrogen and oxygen atoms in total. The Morgan fingerprint density at radius 3 is 2.40 bits per heavy atom. The fourth-order valence-corrected chi connectivity index (χ4v) is 6.96. The smallest absolute Gasteiger partial charge is 0.437 e. The van der Waals surface area contributed by atoms with Gasteiger partial charge in [-0.3, -0.25) is 9.59 Å². The summed E-state index contributed by atoms with van der Waals surface area (Å²) in [6.07, 6.45) is -2.42. The van der Waals surface area contributed by atoms with Crippen molar-refractivity contribution in [2.75, 3.05) is 32.6 Å². The molecule has 52 heavy (non-hydrogen) atoms. The third kappa shape index (κ3) is 8.06. The van der Waals surface area contributed by atoms with Crippen molar-refractivity contribution in [2.45, 2.75) is 57.0 Å². The van der Waals surface area contributed by atoms with Gasteiger partial charge in [-0.15, -0.1) is 0 Å². The Morgan fingerprint density at radius 2 is 1.69 bits per heavy atom. The lowest BCUT2D eigenvalue weighted by atomic mass is 9.94. The van der Waals surface area contributed by atoms with Crippen LogP contribution in [0.5, 0.6) is 11.8 Å². The van der Waals surface area contributed by atoms with Gasteiger partial charge in [0.25, 0.3) is 0 Å². The summed E-state index contributed by atoms with van der Waals surface area (Å²) in [4.78, 5) is 35.4. The molecule has 0 spiro atoms. The zero-order chi connectivity index (χ0) is 37.0. The summed E-state index contributed by atoms with van der Waals surface area (Å²) < 4.78 is 53.7. The molecule has 2 aliphatic rings. The van der Waals surface area contributed by atoms with Gasteiger partial charge in [0.15, 0.2) is 11.5 Å². The lowest BCUT2D eigenvalue weighted by Gasteiger charge is -2.20. The Hall–Kier alpha value is -4.99. The van der Waals surface area contributed by atoms with Gasteiger partial charge in [0.2, 0.25) is 23.6 Å². The number of nitrogens with two attached hydrogens (primary N) is 1. The maximum Gasteiger partial charge on any atom is 0.437 e. The van der Waals surface area contributed by atoms with E-state index in [1.807, 2.05) is 48.5 Å². The van der Waals surface area contributed by atoms with E-state index in [0.29, 0.717) is 54.5 Å². The summed E-state index contributed by atoms with van der Waals surface area (Å²) in [6, 6.07) is 14.7. The van der Waals surface area contributed by atoms with Crippen LogP contribution in [0.2, 0.25) is 5.02 Å². The van der Waals surface area contributed by atoms with Gasteiger partial charge >= 0.3 is 6.18 Å². The first-order valence-electron chi connectivity index (χ1n) is 16.7. The SMILES string of the molecule is COc1nc(-c2cccc(-c3cccc4c3CC[C@@H]4Nc3nc(OC)c(CNCC(N)=O)nc3C(F)(F)F)c2Cl)ccc1CNC[C@@H]1CCC(=O)N1. The molecule has 274 valence electrons. The number of methoxy groups -OCH3 is 2. The van der Waals surface area contributed by atoms with E-state index in [2.05, 4.69) is 31.2 Å². The lowest BCUT2D eigenvalue weighted by molar-refractivity contribution is -0.141. The van der Waals surface area contributed by atoms with Crippen LogP contribution in [0.3, 0.4) is 0 Å². The molecule has 1 fully saturated rings. The number of hydrogen-bond acceptors (Lipinski definition) is 10. The number of amides is 2. The van der Waals surface area contributed by atoms with Crippen molar-refractivity contribution in [1.29, 1.82) is 0 Å². The molecule has 1 aliphatic heterocycles. The number of primary amides is 1. The quantitative estimate of drug-likeness (QED) is 0.120. The number of carbonyl (C=O) groups excluding carboxylic acids is 2. The van der Waals surface area contributed by atoms with E-state index < -0.39 is 29.6 Å². The first-order chi connectivity index (χ1) is 25.0. The van der Waals surface area contributed by atoms with Crippen molar-refractivity contribution in [2.24, 2.45) is 5.73 Å². The van der Waals surface area contributed by atoms with E-state index in [4.69, 9.17) is 31.8 Å².